The summed E-state index contributed by atoms with van der Waals surface area (Å²) >= 11 is 0. The Kier molecular flexibility index (Phi) is 4.90. The zero-order valence-corrected chi connectivity index (χ0v) is 14.6. The Morgan fingerprint density at radius 1 is 1.38 bits per heavy atom. The summed E-state index contributed by atoms with van der Waals surface area (Å²) in [4.78, 5) is 14.3. The molecule has 1 aromatic heterocycles. The highest BCUT2D eigenvalue weighted by molar-refractivity contribution is 5.93. The van der Waals surface area contributed by atoms with Gasteiger partial charge in [-0.2, -0.15) is 0 Å². The third-order valence-electron chi connectivity index (χ3n) is 4.62. The van der Waals surface area contributed by atoms with Crippen molar-refractivity contribution in [3.8, 4) is 0 Å². The average Bonchev–Trinajstić information content (AvgIpc) is 3.16. The molecule has 5 heteroatoms. The molecule has 0 saturated heterocycles. The van der Waals surface area contributed by atoms with Crippen LogP contribution in [0.25, 0.3) is 10.9 Å². The number of amides is 2. The Hall–Kier alpha value is -2.27. The monoisotopic (exact) mass is 327 g/mol. The van der Waals surface area contributed by atoms with E-state index in [1.807, 2.05) is 17.0 Å². The van der Waals surface area contributed by atoms with Gasteiger partial charge in [0.1, 0.15) is 0 Å². The summed E-state index contributed by atoms with van der Waals surface area (Å²) in [5, 5.41) is 4.16. The molecule has 1 unspecified atom stereocenters. The Morgan fingerprint density at radius 3 is 2.96 bits per heavy atom. The highest BCUT2D eigenvalue weighted by Crippen LogP contribution is 2.24. The zero-order chi connectivity index (χ0) is 17.1. The molecule has 0 radical (unpaired) electrons. The molecule has 1 aliphatic rings. The van der Waals surface area contributed by atoms with E-state index in [1.54, 1.807) is 7.11 Å². The molecule has 1 aliphatic heterocycles. The van der Waals surface area contributed by atoms with Gasteiger partial charge in [-0.1, -0.05) is 19.1 Å². The number of fused-ring (bicyclic) bond motifs is 1. The van der Waals surface area contributed by atoms with Crippen LogP contribution < -0.4 is 5.32 Å². The smallest absolute Gasteiger partial charge is 0.322 e. The number of methoxy groups -OCH3 is 1. The van der Waals surface area contributed by atoms with Gasteiger partial charge in [-0.15, -0.1) is 0 Å². The van der Waals surface area contributed by atoms with Crippen LogP contribution in [0, 0.1) is 6.92 Å². The molecular weight excluding hydrogens is 302 g/mol. The van der Waals surface area contributed by atoms with Crippen LogP contribution in [0.3, 0.4) is 0 Å². The lowest BCUT2D eigenvalue weighted by Crippen LogP contribution is -2.38. The van der Waals surface area contributed by atoms with Gasteiger partial charge in [-0.25, -0.2) is 4.79 Å². The lowest BCUT2D eigenvalue weighted by molar-refractivity contribution is 0.188. The molecule has 5 nitrogen and oxygen atoms in total. The second-order valence-electron chi connectivity index (χ2n) is 6.19. The van der Waals surface area contributed by atoms with Crippen LogP contribution >= 0.6 is 0 Å². The first kappa shape index (κ1) is 16.6. The van der Waals surface area contributed by atoms with E-state index in [2.05, 4.69) is 48.0 Å². The molecule has 0 fully saturated rings. The number of ether oxygens (including phenoxy) is 1. The summed E-state index contributed by atoms with van der Waals surface area (Å²) in [7, 11) is 1.71. The zero-order valence-electron chi connectivity index (χ0n) is 14.6. The summed E-state index contributed by atoms with van der Waals surface area (Å²) in [5.74, 6) is 0. The summed E-state index contributed by atoms with van der Waals surface area (Å²) in [5.41, 5.74) is 3.19. The van der Waals surface area contributed by atoms with Crippen LogP contribution in [-0.4, -0.2) is 41.8 Å². The normalized spacial score (nSPS) is 17.0. The molecule has 24 heavy (non-hydrogen) atoms. The first-order valence-corrected chi connectivity index (χ1v) is 8.47. The molecule has 0 saturated carbocycles. The van der Waals surface area contributed by atoms with Crippen LogP contribution in [0.4, 0.5) is 10.5 Å². The number of hydrogen-bond acceptors (Lipinski definition) is 2. The number of benzene rings is 1. The van der Waals surface area contributed by atoms with Gasteiger partial charge in [0.2, 0.25) is 0 Å². The molecule has 2 heterocycles. The minimum absolute atomic E-state index is 0.0401. The predicted molar refractivity (Wildman–Crippen MR) is 97.5 cm³/mol. The number of carbonyl (C=O) groups is 1. The molecule has 1 aromatic carbocycles. The fraction of sp³-hybridized carbons (Fsp3) is 0.421. The van der Waals surface area contributed by atoms with Crippen molar-refractivity contribution < 1.29 is 9.53 Å². The van der Waals surface area contributed by atoms with Crippen molar-refractivity contribution in [1.29, 1.82) is 0 Å². The van der Waals surface area contributed by atoms with Crippen molar-refractivity contribution in [2.45, 2.75) is 32.9 Å². The second-order valence-corrected chi connectivity index (χ2v) is 6.19. The standard InChI is InChI=1S/C19H25N3O2/c1-4-17-6-5-9-22(17)19(23)20-16-7-8-18-15(13-16)12-14(2)21(18)10-11-24-3/h5-8,12-13,17H,4,9-11H2,1-3H3,(H,20,23). The van der Waals surface area contributed by atoms with E-state index in [0.717, 1.165) is 29.6 Å². The first-order valence-electron chi connectivity index (χ1n) is 8.47. The molecule has 128 valence electrons. The van der Waals surface area contributed by atoms with E-state index >= 15 is 0 Å². The van der Waals surface area contributed by atoms with Crippen LogP contribution in [-0.2, 0) is 11.3 Å². The third kappa shape index (κ3) is 3.17. The molecule has 0 spiro atoms. The first-order chi connectivity index (χ1) is 11.6. The summed E-state index contributed by atoms with van der Waals surface area (Å²) in [6.07, 6.45) is 5.09. The van der Waals surface area contributed by atoms with Crippen molar-refractivity contribution in [3.63, 3.8) is 0 Å². The van der Waals surface area contributed by atoms with Crippen molar-refractivity contribution in [1.82, 2.24) is 9.47 Å². The largest absolute Gasteiger partial charge is 0.383 e. The van der Waals surface area contributed by atoms with Crippen LogP contribution in [0.1, 0.15) is 19.0 Å². The van der Waals surface area contributed by atoms with Crippen molar-refractivity contribution in [3.05, 3.63) is 42.1 Å². The van der Waals surface area contributed by atoms with Crippen molar-refractivity contribution >= 4 is 22.6 Å². The summed E-state index contributed by atoms with van der Waals surface area (Å²) < 4.78 is 7.42. The van der Waals surface area contributed by atoms with E-state index in [1.165, 1.54) is 5.69 Å². The Bertz CT molecular complexity index is 763. The van der Waals surface area contributed by atoms with Gasteiger partial charge >= 0.3 is 6.03 Å². The quantitative estimate of drug-likeness (QED) is 0.850. The van der Waals surface area contributed by atoms with E-state index < -0.39 is 0 Å². The van der Waals surface area contributed by atoms with Gasteiger partial charge in [-0.3, -0.25) is 0 Å². The lowest BCUT2D eigenvalue weighted by atomic mass is 10.2. The van der Waals surface area contributed by atoms with E-state index in [-0.39, 0.29) is 12.1 Å². The summed E-state index contributed by atoms with van der Waals surface area (Å²) in [6.45, 7) is 6.38. The number of aryl methyl sites for hydroxylation is 1. The molecule has 0 bridgehead atoms. The van der Waals surface area contributed by atoms with Gasteiger partial charge in [0.15, 0.2) is 0 Å². The van der Waals surface area contributed by atoms with Gasteiger partial charge in [-0.05, 0) is 37.6 Å². The number of carbonyl (C=O) groups excluding carboxylic acids is 1. The fourth-order valence-electron chi connectivity index (χ4n) is 3.32. The van der Waals surface area contributed by atoms with Crippen LogP contribution in [0.5, 0.6) is 0 Å². The number of urea groups is 1. The third-order valence-corrected chi connectivity index (χ3v) is 4.62. The molecule has 3 rings (SSSR count). The average molecular weight is 327 g/mol. The number of rotatable bonds is 5. The van der Waals surface area contributed by atoms with E-state index in [9.17, 15) is 4.79 Å². The SMILES string of the molecule is CCC1C=CCN1C(=O)Nc1ccc2c(c1)cc(C)n2CCOC. The predicted octanol–water partition coefficient (Wildman–Crippen LogP) is 3.78. The number of anilines is 1. The number of nitrogens with zero attached hydrogens (tertiary/aromatic N) is 2. The molecule has 1 N–H and O–H groups in total. The fourth-order valence-corrected chi connectivity index (χ4v) is 3.32. The minimum Gasteiger partial charge on any atom is -0.383 e. The molecule has 1 atom stereocenters. The Balaban J connectivity index is 1.77. The number of nitrogens with one attached hydrogen (secondary N) is 1. The summed E-state index contributed by atoms with van der Waals surface area (Å²) in [6, 6.07) is 8.37. The van der Waals surface area contributed by atoms with E-state index in [4.69, 9.17) is 4.74 Å². The van der Waals surface area contributed by atoms with Gasteiger partial charge in [0, 0.05) is 42.5 Å². The van der Waals surface area contributed by atoms with Gasteiger partial charge < -0.3 is 19.5 Å². The molecule has 2 aromatic rings. The number of hydrogen-bond donors (Lipinski definition) is 1. The molecular formula is C19H25N3O2. The second kappa shape index (κ2) is 7.09. The maximum atomic E-state index is 12.5. The molecule has 2 amide bonds. The van der Waals surface area contributed by atoms with Crippen molar-refractivity contribution in [2.75, 3.05) is 25.6 Å². The maximum Gasteiger partial charge on any atom is 0.322 e. The van der Waals surface area contributed by atoms with E-state index in [0.29, 0.717) is 13.2 Å². The Labute approximate surface area is 142 Å². The topological polar surface area (TPSA) is 46.5 Å². The Morgan fingerprint density at radius 2 is 2.21 bits per heavy atom. The maximum absolute atomic E-state index is 12.5. The molecule has 0 aliphatic carbocycles. The van der Waals surface area contributed by atoms with Gasteiger partial charge in [0.25, 0.3) is 0 Å². The van der Waals surface area contributed by atoms with Crippen LogP contribution in [0.15, 0.2) is 36.4 Å². The lowest BCUT2D eigenvalue weighted by Gasteiger charge is -2.23. The van der Waals surface area contributed by atoms with Gasteiger partial charge in [0.05, 0.1) is 12.6 Å². The van der Waals surface area contributed by atoms with Crippen molar-refractivity contribution in [2.24, 2.45) is 0 Å². The number of aromatic nitrogens is 1. The minimum atomic E-state index is -0.0401. The van der Waals surface area contributed by atoms with Crippen LogP contribution in [0.2, 0.25) is 0 Å². The highest BCUT2D eigenvalue weighted by atomic mass is 16.5. The highest BCUT2D eigenvalue weighted by Gasteiger charge is 2.23.